The molecule has 0 saturated heterocycles. The summed E-state index contributed by atoms with van der Waals surface area (Å²) >= 11 is 0. The first-order valence-corrected chi connectivity index (χ1v) is 5.96. The summed E-state index contributed by atoms with van der Waals surface area (Å²) in [4.78, 5) is 2.12. The first kappa shape index (κ1) is 12.5. The number of hydrogen-bond acceptors (Lipinski definition) is 3. The molecule has 15 heavy (non-hydrogen) atoms. The zero-order valence-corrected chi connectivity index (χ0v) is 10.2. The van der Waals surface area contributed by atoms with Crippen LogP contribution in [0.15, 0.2) is 12.3 Å². The summed E-state index contributed by atoms with van der Waals surface area (Å²) in [6.45, 7) is 5.34. The molecule has 0 aliphatic carbocycles. The van der Waals surface area contributed by atoms with E-state index in [0.29, 0.717) is 11.8 Å². The van der Waals surface area contributed by atoms with Gasteiger partial charge in [0.2, 0.25) is 0 Å². The zero-order chi connectivity index (χ0) is 11.4. The predicted molar refractivity (Wildman–Crippen MR) is 65.3 cm³/mol. The standard InChI is InChI=1S/C12H25N3/c1-4-5-9(2)12(14)10-6-7-15(3)8-11(10)13/h6-7,9-12H,4-5,8,13-14H2,1-3H3. The van der Waals surface area contributed by atoms with Crippen LogP contribution in [0.3, 0.4) is 0 Å². The molecule has 0 amide bonds. The summed E-state index contributed by atoms with van der Waals surface area (Å²) < 4.78 is 0. The van der Waals surface area contributed by atoms with E-state index in [4.69, 9.17) is 11.5 Å². The SMILES string of the molecule is CCCC(C)C(N)C1C=CN(C)CC1N. The van der Waals surface area contributed by atoms with Crippen LogP contribution in [0.1, 0.15) is 26.7 Å². The van der Waals surface area contributed by atoms with Gasteiger partial charge in [-0.15, -0.1) is 0 Å². The van der Waals surface area contributed by atoms with Gasteiger partial charge < -0.3 is 16.4 Å². The third-order valence-corrected chi connectivity index (χ3v) is 3.40. The van der Waals surface area contributed by atoms with Gasteiger partial charge in [-0.2, -0.15) is 0 Å². The minimum atomic E-state index is 0.175. The average Bonchev–Trinajstić information content (AvgIpc) is 2.17. The van der Waals surface area contributed by atoms with Crippen LogP contribution in [0.25, 0.3) is 0 Å². The normalized spacial score (nSPS) is 30.3. The molecule has 1 aliphatic rings. The van der Waals surface area contributed by atoms with Crippen molar-refractivity contribution in [3.8, 4) is 0 Å². The second-order valence-corrected chi connectivity index (χ2v) is 4.87. The molecule has 3 heteroatoms. The van der Waals surface area contributed by atoms with Crippen LogP contribution >= 0.6 is 0 Å². The fourth-order valence-electron chi connectivity index (χ4n) is 2.35. The van der Waals surface area contributed by atoms with Crippen molar-refractivity contribution in [2.75, 3.05) is 13.6 Å². The Hall–Kier alpha value is -0.540. The molecule has 3 nitrogen and oxygen atoms in total. The van der Waals surface area contributed by atoms with Crippen molar-refractivity contribution in [2.45, 2.75) is 38.8 Å². The third-order valence-electron chi connectivity index (χ3n) is 3.40. The Labute approximate surface area is 93.5 Å². The smallest absolute Gasteiger partial charge is 0.0327 e. The van der Waals surface area contributed by atoms with Crippen molar-refractivity contribution in [3.63, 3.8) is 0 Å². The lowest BCUT2D eigenvalue weighted by Crippen LogP contribution is -2.50. The second kappa shape index (κ2) is 5.52. The molecule has 1 rings (SSSR count). The maximum absolute atomic E-state index is 6.26. The highest BCUT2D eigenvalue weighted by Crippen LogP contribution is 2.22. The molecule has 4 N–H and O–H groups in total. The van der Waals surface area contributed by atoms with Crippen LogP contribution in [-0.2, 0) is 0 Å². The highest BCUT2D eigenvalue weighted by Gasteiger charge is 2.28. The van der Waals surface area contributed by atoms with Gasteiger partial charge >= 0.3 is 0 Å². The van der Waals surface area contributed by atoms with E-state index in [2.05, 4.69) is 31.0 Å². The molecule has 0 spiro atoms. The summed E-state index contributed by atoms with van der Waals surface area (Å²) in [5.74, 6) is 0.891. The summed E-state index contributed by atoms with van der Waals surface area (Å²) in [5.41, 5.74) is 12.4. The highest BCUT2D eigenvalue weighted by molar-refractivity contribution is 5.04. The van der Waals surface area contributed by atoms with Gasteiger partial charge in [0.05, 0.1) is 0 Å². The molecule has 0 aromatic heterocycles. The quantitative estimate of drug-likeness (QED) is 0.733. The Balaban J connectivity index is 2.58. The maximum atomic E-state index is 6.26. The summed E-state index contributed by atoms with van der Waals surface area (Å²) in [6.07, 6.45) is 6.66. The number of likely N-dealkylation sites (N-methyl/N-ethyl adjacent to an activating group) is 1. The fraction of sp³-hybridized carbons (Fsp3) is 0.833. The molecule has 4 unspecified atom stereocenters. The number of nitrogens with zero attached hydrogens (tertiary/aromatic N) is 1. The molecule has 1 aliphatic heterocycles. The molecular weight excluding hydrogens is 186 g/mol. The molecule has 0 fully saturated rings. The van der Waals surface area contributed by atoms with Crippen LogP contribution in [0.5, 0.6) is 0 Å². The average molecular weight is 211 g/mol. The predicted octanol–water partition coefficient (Wildman–Crippen LogP) is 1.15. The van der Waals surface area contributed by atoms with Crippen molar-refractivity contribution < 1.29 is 0 Å². The Kier molecular flexibility index (Phi) is 4.61. The zero-order valence-electron chi connectivity index (χ0n) is 10.2. The van der Waals surface area contributed by atoms with Crippen LogP contribution in [0.4, 0.5) is 0 Å². The Morgan fingerprint density at radius 3 is 2.73 bits per heavy atom. The van der Waals surface area contributed by atoms with Crippen LogP contribution in [0, 0.1) is 11.8 Å². The third kappa shape index (κ3) is 3.21. The van der Waals surface area contributed by atoms with Crippen LogP contribution in [0.2, 0.25) is 0 Å². The van der Waals surface area contributed by atoms with Crippen molar-refractivity contribution in [1.29, 1.82) is 0 Å². The van der Waals surface area contributed by atoms with Gasteiger partial charge in [0, 0.05) is 31.6 Å². The minimum absolute atomic E-state index is 0.175. The van der Waals surface area contributed by atoms with E-state index in [-0.39, 0.29) is 12.1 Å². The van der Waals surface area contributed by atoms with E-state index < -0.39 is 0 Å². The van der Waals surface area contributed by atoms with Crippen LogP contribution < -0.4 is 11.5 Å². The molecule has 0 aromatic rings. The molecule has 88 valence electrons. The van der Waals surface area contributed by atoms with Crippen molar-refractivity contribution >= 4 is 0 Å². The van der Waals surface area contributed by atoms with E-state index in [1.807, 2.05) is 7.05 Å². The Morgan fingerprint density at radius 2 is 2.20 bits per heavy atom. The van der Waals surface area contributed by atoms with Gasteiger partial charge in [-0.25, -0.2) is 0 Å². The largest absolute Gasteiger partial charge is 0.379 e. The van der Waals surface area contributed by atoms with E-state index >= 15 is 0 Å². The van der Waals surface area contributed by atoms with Crippen LogP contribution in [-0.4, -0.2) is 30.6 Å². The lowest BCUT2D eigenvalue weighted by atomic mass is 9.82. The first-order chi connectivity index (χ1) is 7.06. The lowest BCUT2D eigenvalue weighted by molar-refractivity contribution is 0.260. The second-order valence-electron chi connectivity index (χ2n) is 4.87. The lowest BCUT2D eigenvalue weighted by Gasteiger charge is -2.36. The van der Waals surface area contributed by atoms with E-state index in [0.717, 1.165) is 6.54 Å². The summed E-state index contributed by atoms with van der Waals surface area (Å²) in [7, 11) is 2.05. The van der Waals surface area contributed by atoms with Gasteiger partial charge in [0.25, 0.3) is 0 Å². The van der Waals surface area contributed by atoms with Crippen molar-refractivity contribution in [2.24, 2.45) is 23.3 Å². The van der Waals surface area contributed by atoms with E-state index in [1.54, 1.807) is 0 Å². The minimum Gasteiger partial charge on any atom is -0.379 e. The van der Waals surface area contributed by atoms with Crippen molar-refractivity contribution in [1.82, 2.24) is 4.90 Å². The molecule has 0 bridgehead atoms. The first-order valence-electron chi connectivity index (χ1n) is 5.96. The molecule has 0 radical (unpaired) electrons. The molecule has 0 aromatic carbocycles. The monoisotopic (exact) mass is 211 g/mol. The van der Waals surface area contributed by atoms with E-state index in [1.165, 1.54) is 12.8 Å². The Morgan fingerprint density at radius 1 is 1.53 bits per heavy atom. The molecule has 0 saturated carbocycles. The van der Waals surface area contributed by atoms with Crippen molar-refractivity contribution in [3.05, 3.63) is 12.3 Å². The topological polar surface area (TPSA) is 55.3 Å². The fourth-order valence-corrected chi connectivity index (χ4v) is 2.35. The highest BCUT2D eigenvalue weighted by atomic mass is 15.1. The molecule has 4 atom stereocenters. The molecule has 1 heterocycles. The molecular formula is C12H25N3. The van der Waals surface area contributed by atoms with Gasteiger partial charge in [-0.1, -0.05) is 26.3 Å². The van der Waals surface area contributed by atoms with Gasteiger partial charge in [-0.3, -0.25) is 0 Å². The number of nitrogens with two attached hydrogens (primary N) is 2. The van der Waals surface area contributed by atoms with Gasteiger partial charge in [0.15, 0.2) is 0 Å². The van der Waals surface area contributed by atoms with Gasteiger partial charge in [-0.05, 0) is 18.5 Å². The summed E-state index contributed by atoms with van der Waals surface area (Å²) in [6, 6.07) is 0.374. The maximum Gasteiger partial charge on any atom is 0.0327 e. The number of hydrogen-bond donors (Lipinski definition) is 2. The van der Waals surface area contributed by atoms with E-state index in [9.17, 15) is 0 Å². The Bertz CT molecular complexity index is 215. The van der Waals surface area contributed by atoms with Gasteiger partial charge in [0.1, 0.15) is 0 Å². The number of rotatable bonds is 4. The summed E-state index contributed by atoms with van der Waals surface area (Å²) in [5, 5.41) is 0.